The fourth-order valence-electron chi connectivity index (χ4n) is 4.64. The van der Waals surface area contributed by atoms with E-state index in [4.69, 9.17) is 4.74 Å². The van der Waals surface area contributed by atoms with E-state index in [0.29, 0.717) is 0 Å². The molecule has 1 aliphatic rings. The minimum atomic E-state index is -0.0996. The highest BCUT2D eigenvalue weighted by Gasteiger charge is 2.36. The van der Waals surface area contributed by atoms with Gasteiger partial charge in [-0.2, -0.15) is 0 Å². The first-order valence-electron chi connectivity index (χ1n) is 11.1. The van der Waals surface area contributed by atoms with Crippen LogP contribution in [0.15, 0.2) is 48.5 Å². The average molecular weight is 365 g/mol. The molecule has 2 aromatic rings. The topological polar surface area (TPSA) is 9.23 Å². The lowest BCUT2D eigenvalue weighted by molar-refractivity contribution is -0.0699. The van der Waals surface area contributed by atoms with Crippen LogP contribution in [0.3, 0.4) is 0 Å². The third-order valence-electron chi connectivity index (χ3n) is 6.06. The van der Waals surface area contributed by atoms with E-state index < -0.39 is 0 Å². The number of hydrogen-bond donors (Lipinski definition) is 0. The molecule has 0 radical (unpaired) electrons. The van der Waals surface area contributed by atoms with Crippen LogP contribution in [0, 0.1) is 0 Å². The van der Waals surface area contributed by atoms with Crippen LogP contribution in [0.4, 0.5) is 0 Å². The second kappa shape index (κ2) is 10.1. The van der Waals surface area contributed by atoms with Crippen LogP contribution in [0.25, 0.3) is 11.1 Å². The van der Waals surface area contributed by atoms with Crippen LogP contribution < -0.4 is 0 Å². The maximum atomic E-state index is 6.52. The number of ether oxygens (including phenoxy) is 1. The zero-order valence-electron chi connectivity index (χ0n) is 17.3. The summed E-state index contributed by atoms with van der Waals surface area (Å²) in [5.74, 6) is 0. The van der Waals surface area contributed by atoms with E-state index >= 15 is 0 Å². The monoisotopic (exact) mass is 364 g/mol. The summed E-state index contributed by atoms with van der Waals surface area (Å²) in [7, 11) is 0. The molecule has 3 rings (SSSR count). The first kappa shape index (κ1) is 20.1. The van der Waals surface area contributed by atoms with Crippen molar-refractivity contribution in [3.05, 3.63) is 59.7 Å². The molecule has 0 bridgehead atoms. The minimum absolute atomic E-state index is 0.0996. The summed E-state index contributed by atoms with van der Waals surface area (Å²) in [4.78, 5) is 0. The summed E-state index contributed by atoms with van der Waals surface area (Å²) < 4.78 is 6.52. The smallest absolute Gasteiger partial charge is 0.0937 e. The Labute approximate surface area is 166 Å². The van der Waals surface area contributed by atoms with Crippen molar-refractivity contribution < 1.29 is 4.74 Å². The normalized spacial score (nSPS) is 16.4. The van der Waals surface area contributed by atoms with Crippen LogP contribution in [0.5, 0.6) is 0 Å². The van der Waals surface area contributed by atoms with Gasteiger partial charge in [0.1, 0.15) is 0 Å². The molecule has 0 aromatic heterocycles. The van der Waals surface area contributed by atoms with Crippen molar-refractivity contribution in [2.75, 3.05) is 6.61 Å². The van der Waals surface area contributed by atoms with Crippen LogP contribution >= 0.6 is 0 Å². The fourth-order valence-corrected chi connectivity index (χ4v) is 4.64. The molecule has 0 unspecified atom stereocenters. The van der Waals surface area contributed by atoms with Crippen molar-refractivity contribution in [2.45, 2.75) is 83.7 Å². The summed E-state index contributed by atoms with van der Waals surface area (Å²) in [5, 5.41) is 0. The Balaban J connectivity index is 1.98. The van der Waals surface area contributed by atoms with E-state index in [-0.39, 0.29) is 5.60 Å². The van der Waals surface area contributed by atoms with E-state index in [1.54, 1.807) is 0 Å². The Morgan fingerprint density at radius 2 is 1.63 bits per heavy atom. The van der Waals surface area contributed by atoms with Gasteiger partial charge in [0.15, 0.2) is 0 Å². The molecular weight excluding hydrogens is 328 g/mol. The van der Waals surface area contributed by atoms with Gasteiger partial charge < -0.3 is 4.74 Å². The minimum Gasteiger partial charge on any atom is -0.371 e. The predicted octanol–water partition coefficient (Wildman–Crippen LogP) is 7.67. The predicted molar refractivity (Wildman–Crippen MR) is 116 cm³/mol. The Bertz CT molecular complexity index is 677. The largest absolute Gasteiger partial charge is 0.371 e. The van der Waals surface area contributed by atoms with E-state index in [0.717, 1.165) is 19.4 Å². The highest BCUT2D eigenvalue weighted by molar-refractivity contribution is 5.69. The lowest BCUT2D eigenvalue weighted by Gasteiger charge is -2.39. The Morgan fingerprint density at radius 3 is 2.33 bits per heavy atom. The highest BCUT2D eigenvalue weighted by Crippen LogP contribution is 2.45. The maximum absolute atomic E-state index is 6.52. The van der Waals surface area contributed by atoms with Crippen LogP contribution in [0.2, 0.25) is 0 Å². The number of rotatable bonds is 9. The Morgan fingerprint density at radius 1 is 0.852 bits per heavy atom. The van der Waals surface area contributed by atoms with Gasteiger partial charge in [-0.3, -0.25) is 0 Å². The molecule has 27 heavy (non-hydrogen) atoms. The Kier molecular flexibility index (Phi) is 7.52. The standard InChI is InChI=1S/C26H36O/c1-3-5-6-9-14-22-17-18-24(23-15-10-7-11-16-23)25(21-22)26(27-4-2)19-12-8-13-20-26/h7,10-11,15-18,21H,3-6,8-9,12-14,19-20H2,1-2H3. The summed E-state index contributed by atoms with van der Waals surface area (Å²) in [5.41, 5.74) is 5.49. The summed E-state index contributed by atoms with van der Waals surface area (Å²) in [6, 6.07) is 18.1. The number of aryl methyl sites for hydroxylation is 1. The van der Waals surface area contributed by atoms with Gasteiger partial charge in [-0.25, -0.2) is 0 Å². The number of unbranched alkanes of at least 4 members (excludes halogenated alkanes) is 3. The molecule has 0 aliphatic heterocycles. The van der Waals surface area contributed by atoms with Gasteiger partial charge >= 0.3 is 0 Å². The summed E-state index contributed by atoms with van der Waals surface area (Å²) >= 11 is 0. The molecule has 2 aromatic carbocycles. The van der Waals surface area contributed by atoms with E-state index in [1.165, 1.54) is 73.6 Å². The van der Waals surface area contributed by atoms with E-state index in [1.807, 2.05) is 0 Å². The van der Waals surface area contributed by atoms with Crippen molar-refractivity contribution in [1.29, 1.82) is 0 Å². The molecule has 1 fully saturated rings. The lowest BCUT2D eigenvalue weighted by atomic mass is 9.76. The van der Waals surface area contributed by atoms with Gasteiger partial charge in [-0.15, -0.1) is 0 Å². The van der Waals surface area contributed by atoms with Crippen LogP contribution in [0.1, 0.15) is 82.8 Å². The lowest BCUT2D eigenvalue weighted by Crippen LogP contribution is -2.33. The van der Waals surface area contributed by atoms with Gasteiger partial charge in [0, 0.05) is 6.61 Å². The zero-order valence-corrected chi connectivity index (χ0v) is 17.3. The van der Waals surface area contributed by atoms with Gasteiger partial charge in [0.25, 0.3) is 0 Å². The Hall–Kier alpha value is -1.60. The molecule has 146 valence electrons. The van der Waals surface area contributed by atoms with Gasteiger partial charge in [-0.05, 0) is 54.9 Å². The van der Waals surface area contributed by atoms with Gasteiger partial charge in [-0.1, -0.05) is 94.0 Å². The fraction of sp³-hybridized carbons (Fsp3) is 0.538. The molecular formula is C26H36O. The van der Waals surface area contributed by atoms with Crippen molar-refractivity contribution >= 4 is 0 Å². The van der Waals surface area contributed by atoms with Crippen molar-refractivity contribution in [1.82, 2.24) is 0 Å². The van der Waals surface area contributed by atoms with Gasteiger partial charge in [0.05, 0.1) is 5.60 Å². The molecule has 0 atom stereocenters. The molecule has 0 N–H and O–H groups in total. The second-order valence-corrected chi connectivity index (χ2v) is 8.04. The van der Waals surface area contributed by atoms with E-state index in [2.05, 4.69) is 62.4 Å². The molecule has 1 saturated carbocycles. The molecule has 1 heteroatoms. The molecule has 0 amide bonds. The molecule has 0 spiro atoms. The van der Waals surface area contributed by atoms with Crippen LogP contribution in [-0.2, 0) is 16.8 Å². The summed E-state index contributed by atoms with van der Waals surface area (Å²) in [6.07, 6.45) is 12.6. The first-order valence-corrected chi connectivity index (χ1v) is 11.1. The third-order valence-corrected chi connectivity index (χ3v) is 6.06. The SMILES string of the molecule is CCCCCCc1ccc(-c2ccccc2)c(C2(OCC)CCCCC2)c1. The van der Waals surface area contributed by atoms with Crippen molar-refractivity contribution in [3.8, 4) is 11.1 Å². The average Bonchev–Trinajstić information content (AvgIpc) is 2.73. The quantitative estimate of drug-likeness (QED) is 0.415. The van der Waals surface area contributed by atoms with Crippen LogP contribution in [-0.4, -0.2) is 6.61 Å². The molecule has 0 heterocycles. The van der Waals surface area contributed by atoms with E-state index in [9.17, 15) is 0 Å². The summed E-state index contributed by atoms with van der Waals surface area (Å²) in [6.45, 7) is 5.21. The zero-order chi connectivity index (χ0) is 19.0. The molecule has 1 aliphatic carbocycles. The number of hydrogen-bond acceptors (Lipinski definition) is 1. The second-order valence-electron chi connectivity index (χ2n) is 8.04. The first-order chi connectivity index (χ1) is 13.3. The number of benzene rings is 2. The molecule has 0 saturated heterocycles. The molecule has 1 nitrogen and oxygen atoms in total. The third kappa shape index (κ3) is 5.02. The maximum Gasteiger partial charge on any atom is 0.0937 e. The van der Waals surface area contributed by atoms with Crippen molar-refractivity contribution in [3.63, 3.8) is 0 Å². The highest BCUT2D eigenvalue weighted by atomic mass is 16.5. The van der Waals surface area contributed by atoms with Gasteiger partial charge in [0.2, 0.25) is 0 Å². The van der Waals surface area contributed by atoms with Crippen molar-refractivity contribution in [2.24, 2.45) is 0 Å².